The fraction of sp³-hybridized carbons (Fsp3) is 0.500. The van der Waals surface area contributed by atoms with Crippen LogP contribution in [0.1, 0.15) is 37.0 Å². The van der Waals surface area contributed by atoms with Crippen LogP contribution in [0.15, 0.2) is 24.3 Å². The average Bonchev–Trinajstić information content (AvgIpc) is 2.34. The SMILES string of the molecule is CC(C)(CCCN)CNC(=O)c1cccc(O)c1. The topological polar surface area (TPSA) is 75.3 Å². The number of phenolic OH excluding ortho intramolecular Hbond substituents is 1. The molecule has 1 rings (SSSR count). The lowest BCUT2D eigenvalue weighted by molar-refractivity contribution is 0.0934. The molecule has 4 N–H and O–H groups in total. The number of carbonyl (C=O) groups is 1. The summed E-state index contributed by atoms with van der Waals surface area (Å²) in [6, 6.07) is 6.34. The van der Waals surface area contributed by atoms with Crippen molar-refractivity contribution in [2.24, 2.45) is 11.1 Å². The molecule has 1 aromatic rings. The molecule has 100 valence electrons. The molecule has 0 heterocycles. The van der Waals surface area contributed by atoms with Crippen molar-refractivity contribution >= 4 is 5.91 Å². The Hall–Kier alpha value is -1.55. The monoisotopic (exact) mass is 250 g/mol. The van der Waals surface area contributed by atoms with Crippen LogP contribution in [0.4, 0.5) is 0 Å². The van der Waals surface area contributed by atoms with Gasteiger partial charge in [-0.15, -0.1) is 0 Å². The fourth-order valence-corrected chi connectivity index (χ4v) is 1.74. The van der Waals surface area contributed by atoms with Crippen LogP contribution in [0.3, 0.4) is 0 Å². The molecule has 0 radical (unpaired) electrons. The Labute approximate surface area is 108 Å². The van der Waals surface area contributed by atoms with Gasteiger partial charge in [0.25, 0.3) is 5.91 Å². The fourth-order valence-electron chi connectivity index (χ4n) is 1.74. The second kappa shape index (κ2) is 6.40. The molecule has 4 nitrogen and oxygen atoms in total. The highest BCUT2D eigenvalue weighted by atomic mass is 16.3. The normalized spacial score (nSPS) is 11.3. The van der Waals surface area contributed by atoms with E-state index in [1.54, 1.807) is 18.2 Å². The van der Waals surface area contributed by atoms with Gasteiger partial charge in [-0.1, -0.05) is 19.9 Å². The van der Waals surface area contributed by atoms with E-state index in [0.717, 1.165) is 12.8 Å². The zero-order valence-electron chi connectivity index (χ0n) is 11.1. The molecule has 0 aliphatic heterocycles. The maximum atomic E-state index is 11.9. The molecular formula is C14H22N2O2. The molecular weight excluding hydrogens is 228 g/mol. The number of hydrogen-bond donors (Lipinski definition) is 3. The summed E-state index contributed by atoms with van der Waals surface area (Å²) >= 11 is 0. The Bertz CT molecular complexity index is 403. The lowest BCUT2D eigenvalue weighted by atomic mass is 9.87. The summed E-state index contributed by atoms with van der Waals surface area (Å²) in [5.41, 5.74) is 5.99. The molecule has 0 fully saturated rings. The number of carbonyl (C=O) groups excluding carboxylic acids is 1. The van der Waals surface area contributed by atoms with Gasteiger partial charge in [-0.3, -0.25) is 4.79 Å². The highest BCUT2D eigenvalue weighted by Gasteiger charge is 2.18. The second-order valence-corrected chi connectivity index (χ2v) is 5.29. The molecule has 4 heteroatoms. The molecule has 1 amide bonds. The van der Waals surface area contributed by atoms with E-state index in [0.29, 0.717) is 18.7 Å². The van der Waals surface area contributed by atoms with Gasteiger partial charge >= 0.3 is 0 Å². The summed E-state index contributed by atoms with van der Waals surface area (Å²) in [6.45, 7) is 5.47. The van der Waals surface area contributed by atoms with Crippen molar-refractivity contribution in [3.05, 3.63) is 29.8 Å². The van der Waals surface area contributed by atoms with Crippen LogP contribution >= 0.6 is 0 Å². The molecule has 0 bridgehead atoms. The van der Waals surface area contributed by atoms with E-state index in [1.165, 1.54) is 6.07 Å². The Morgan fingerprint density at radius 3 is 2.78 bits per heavy atom. The van der Waals surface area contributed by atoms with Crippen LogP contribution in [-0.2, 0) is 0 Å². The summed E-state index contributed by atoms with van der Waals surface area (Å²) < 4.78 is 0. The summed E-state index contributed by atoms with van der Waals surface area (Å²) in [5, 5.41) is 12.2. The van der Waals surface area contributed by atoms with Crippen LogP contribution in [-0.4, -0.2) is 24.1 Å². The van der Waals surface area contributed by atoms with E-state index in [1.807, 2.05) is 0 Å². The molecule has 0 aliphatic carbocycles. The Morgan fingerprint density at radius 1 is 1.44 bits per heavy atom. The zero-order chi connectivity index (χ0) is 13.6. The molecule has 1 aromatic carbocycles. The lowest BCUT2D eigenvalue weighted by Crippen LogP contribution is -2.34. The van der Waals surface area contributed by atoms with Crippen LogP contribution < -0.4 is 11.1 Å². The van der Waals surface area contributed by atoms with Crippen LogP contribution in [0, 0.1) is 5.41 Å². The van der Waals surface area contributed by atoms with Gasteiger partial charge in [0.2, 0.25) is 0 Å². The minimum absolute atomic E-state index is 0.0336. The third kappa shape index (κ3) is 4.75. The number of hydrogen-bond acceptors (Lipinski definition) is 3. The number of aromatic hydroxyl groups is 1. The molecule has 0 saturated heterocycles. The highest BCUT2D eigenvalue weighted by molar-refractivity contribution is 5.94. The Balaban J connectivity index is 2.50. The number of nitrogens with one attached hydrogen (secondary N) is 1. The molecule has 0 saturated carbocycles. The Morgan fingerprint density at radius 2 is 2.17 bits per heavy atom. The standard InChI is InChI=1S/C14H22N2O2/c1-14(2,7-4-8-15)10-16-13(18)11-5-3-6-12(17)9-11/h3,5-6,9,17H,4,7-8,10,15H2,1-2H3,(H,16,18). The van der Waals surface area contributed by atoms with Crippen LogP contribution in [0.25, 0.3) is 0 Å². The minimum atomic E-state index is -0.160. The zero-order valence-corrected chi connectivity index (χ0v) is 11.1. The van der Waals surface area contributed by atoms with E-state index in [-0.39, 0.29) is 17.1 Å². The summed E-state index contributed by atoms with van der Waals surface area (Å²) in [7, 11) is 0. The van der Waals surface area contributed by atoms with Crippen molar-refractivity contribution < 1.29 is 9.90 Å². The van der Waals surface area contributed by atoms with Crippen molar-refractivity contribution in [2.45, 2.75) is 26.7 Å². The third-order valence-electron chi connectivity index (χ3n) is 2.89. The molecule has 0 aliphatic rings. The van der Waals surface area contributed by atoms with E-state index in [9.17, 15) is 9.90 Å². The molecule has 0 unspecified atom stereocenters. The van der Waals surface area contributed by atoms with Gasteiger partial charge in [-0.2, -0.15) is 0 Å². The van der Waals surface area contributed by atoms with Gasteiger partial charge in [0.05, 0.1) is 0 Å². The number of benzene rings is 1. The predicted molar refractivity (Wildman–Crippen MR) is 72.5 cm³/mol. The Kier molecular flexibility index (Phi) is 5.16. The first-order valence-corrected chi connectivity index (χ1v) is 6.22. The molecule has 0 aromatic heterocycles. The second-order valence-electron chi connectivity index (χ2n) is 5.29. The van der Waals surface area contributed by atoms with E-state index in [4.69, 9.17) is 5.73 Å². The highest BCUT2D eigenvalue weighted by Crippen LogP contribution is 2.21. The van der Waals surface area contributed by atoms with Crippen LogP contribution in [0.5, 0.6) is 5.75 Å². The van der Waals surface area contributed by atoms with E-state index in [2.05, 4.69) is 19.2 Å². The minimum Gasteiger partial charge on any atom is -0.508 e. The summed E-state index contributed by atoms with van der Waals surface area (Å²) in [5.74, 6) is -0.0586. The van der Waals surface area contributed by atoms with E-state index < -0.39 is 0 Å². The molecule has 18 heavy (non-hydrogen) atoms. The molecule has 0 atom stereocenters. The van der Waals surface area contributed by atoms with Gasteiger partial charge in [0.1, 0.15) is 5.75 Å². The number of amides is 1. The first-order valence-electron chi connectivity index (χ1n) is 6.22. The third-order valence-corrected chi connectivity index (χ3v) is 2.89. The van der Waals surface area contributed by atoms with E-state index >= 15 is 0 Å². The smallest absolute Gasteiger partial charge is 0.251 e. The number of nitrogens with two attached hydrogens (primary N) is 1. The van der Waals surface area contributed by atoms with Gasteiger partial charge in [0, 0.05) is 12.1 Å². The van der Waals surface area contributed by atoms with Gasteiger partial charge in [-0.05, 0) is 43.0 Å². The van der Waals surface area contributed by atoms with Gasteiger partial charge < -0.3 is 16.2 Å². The predicted octanol–water partition coefficient (Wildman–Crippen LogP) is 1.89. The summed E-state index contributed by atoms with van der Waals surface area (Å²) in [6.07, 6.45) is 1.93. The average molecular weight is 250 g/mol. The van der Waals surface area contributed by atoms with Crippen molar-refractivity contribution in [2.75, 3.05) is 13.1 Å². The van der Waals surface area contributed by atoms with Crippen LogP contribution in [0.2, 0.25) is 0 Å². The first-order chi connectivity index (χ1) is 8.44. The van der Waals surface area contributed by atoms with Crippen molar-refractivity contribution in [3.8, 4) is 5.75 Å². The number of rotatable bonds is 6. The summed E-state index contributed by atoms with van der Waals surface area (Å²) in [4.78, 5) is 11.9. The number of phenols is 1. The van der Waals surface area contributed by atoms with Crippen molar-refractivity contribution in [3.63, 3.8) is 0 Å². The maximum Gasteiger partial charge on any atom is 0.251 e. The van der Waals surface area contributed by atoms with Gasteiger partial charge in [-0.25, -0.2) is 0 Å². The largest absolute Gasteiger partial charge is 0.508 e. The van der Waals surface area contributed by atoms with Crippen molar-refractivity contribution in [1.82, 2.24) is 5.32 Å². The van der Waals surface area contributed by atoms with Gasteiger partial charge in [0.15, 0.2) is 0 Å². The maximum absolute atomic E-state index is 11.9. The molecule has 0 spiro atoms. The first kappa shape index (κ1) is 14.5. The quantitative estimate of drug-likeness (QED) is 0.721. The van der Waals surface area contributed by atoms with Crippen molar-refractivity contribution in [1.29, 1.82) is 0 Å². The lowest BCUT2D eigenvalue weighted by Gasteiger charge is -2.24.